The van der Waals surface area contributed by atoms with Crippen molar-refractivity contribution in [3.8, 4) is 22.4 Å². The predicted octanol–water partition coefficient (Wildman–Crippen LogP) is 6.19. The van der Waals surface area contributed by atoms with Gasteiger partial charge in [0.1, 0.15) is 9.71 Å². The molecule has 0 radical (unpaired) electrons. The highest BCUT2D eigenvalue weighted by Crippen LogP contribution is 2.41. The minimum absolute atomic E-state index is 0.0801. The molecule has 31 heavy (non-hydrogen) atoms. The predicted molar refractivity (Wildman–Crippen MR) is 129 cm³/mol. The number of carbonyl (C=O) groups is 1. The van der Waals surface area contributed by atoms with E-state index in [1.807, 2.05) is 18.2 Å². The van der Waals surface area contributed by atoms with E-state index in [1.165, 1.54) is 29.7 Å². The van der Waals surface area contributed by atoms with Crippen molar-refractivity contribution in [3.05, 3.63) is 71.1 Å². The number of nitrogens with zero attached hydrogens (tertiary/aromatic N) is 1. The molecule has 1 aliphatic carbocycles. The summed E-state index contributed by atoms with van der Waals surface area (Å²) in [4.78, 5) is 19.3. The van der Waals surface area contributed by atoms with Crippen LogP contribution in [-0.4, -0.2) is 16.9 Å². The minimum Gasteiger partial charge on any atom is -0.397 e. The maximum Gasteiger partial charge on any atom is 0.263 e. The maximum absolute atomic E-state index is 13.0. The molecule has 4 aromatic rings. The van der Waals surface area contributed by atoms with Gasteiger partial charge in [-0.3, -0.25) is 4.79 Å². The first-order valence-corrected chi connectivity index (χ1v) is 11.6. The largest absolute Gasteiger partial charge is 0.397 e. The zero-order chi connectivity index (χ0) is 21.4. The number of aromatic nitrogens is 1. The number of hydrogen-bond donors (Lipinski definition) is 2. The first-order valence-electron chi connectivity index (χ1n) is 10.8. The van der Waals surface area contributed by atoms with Crippen LogP contribution >= 0.6 is 11.3 Å². The van der Waals surface area contributed by atoms with E-state index < -0.39 is 0 Å². The van der Waals surface area contributed by atoms with E-state index in [2.05, 4.69) is 54.7 Å². The second-order valence-electron chi connectivity index (χ2n) is 8.27. The smallest absolute Gasteiger partial charge is 0.263 e. The first-order chi connectivity index (χ1) is 15.1. The Morgan fingerprint density at radius 2 is 1.74 bits per heavy atom. The van der Waals surface area contributed by atoms with Gasteiger partial charge in [0, 0.05) is 17.0 Å². The van der Waals surface area contributed by atoms with Crippen LogP contribution in [0.2, 0.25) is 0 Å². The number of amides is 1. The molecule has 2 heterocycles. The van der Waals surface area contributed by atoms with Crippen molar-refractivity contribution in [2.24, 2.45) is 0 Å². The molecule has 0 bridgehead atoms. The third-order valence-corrected chi connectivity index (χ3v) is 7.13. The molecule has 0 unspecified atom stereocenters. The fraction of sp³-hybridized carbons (Fsp3) is 0.231. The number of benzene rings is 2. The first kappa shape index (κ1) is 19.8. The Balaban J connectivity index is 1.67. The molecule has 0 spiro atoms. The van der Waals surface area contributed by atoms with Crippen molar-refractivity contribution in [2.75, 3.05) is 5.73 Å². The van der Waals surface area contributed by atoms with Crippen molar-refractivity contribution >= 4 is 33.1 Å². The number of carbonyl (C=O) groups excluding carboxylic acids is 1. The molecule has 3 N–H and O–H groups in total. The summed E-state index contributed by atoms with van der Waals surface area (Å²) in [6, 6.07) is 20.9. The standard InChI is InChI=1S/C26H25N3OS/c1-16-11-13-17(14-12-16)20-15-21(18-7-3-2-4-8-18)29-26-22(20)23(27)24(31-26)25(30)28-19-9-5-6-10-19/h2-4,7-8,11-15,19H,5-6,9-10,27H2,1H3,(H,28,30). The minimum atomic E-state index is -0.0801. The Morgan fingerprint density at radius 1 is 1.03 bits per heavy atom. The van der Waals surface area contributed by atoms with Crippen LogP contribution in [0.3, 0.4) is 0 Å². The van der Waals surface area contributed by atoms with E-state index in [4.69, 9.17) is 10.7 Å². The van der Waals surface area contributed by atoms with Crippen LogP contribution in [0.1, 0.15) is 40.9 Å². The number of hydrogen-bond acceptors (Lipinski definition) is 4. The topological polar surface area (TPSA) is 68.0 Å². The summed E-state index contributed by atoms with van der Waals surface area (Å²) < 4.78 is 0. The Hall–Kier alpha value is -3.18. The Labute approximate surface area is 186 Å². The average molecular weight is 428 g/mol. The van der Waals surface area contributed by atoms with Gasteiger partial charge in [0.2, 0.25) is 0 Å². The fourth-order valence-corrected chi connectivity index (χ4v) is 5.35. The molecule has 2 aromatic heterocycles. The Bertz CT molecular complexity index is 1240. The van der Waals surface area contributed by atoms with Crippen LogP contribution in [0.25, 0.3) is 32.6 Å². The molecule has 1 saturated carbocycles. The van der Waals surface area contributed by atoms with Gasteiger partial charge in [0.25, 0.3) is 5.91 Å². The van der Waals surface area contributed by atoms with Crippen molar-refractivity contribution in [1.29, 1.82) is 0 Å². The van der Waals surface area contributed by atoms with Gasteiger partial charge in [-0.15, -0.1) is 11.3 Å². The molecule has 1 aliphatic rings. The van der Waals surface area contributed by atoms with Crippen LogP contribution in [0, 0.1) is 6.92 Å². The third kappa shape index (κ3) is 3.81. The normalized spacial score (nSPS) is 14.2. The molecule has 156 valence electrons. The summed E-state index contributed by atoms with van der Waals surface area (Å²) in [5, 5.41) is 4.04. The van der Waals surface area contributed by atoms with E-state index in [-0.39, 0.29) is 11.9 Å². The van der Waals surface area contributed by atoms with Crippen molar-refractivity contribution in [2.45, 2.75) is 38.6 Å². The molecular weight excluding hydrogens is 402 g/mol. The lowest BCUT2D eigenvalue weighted by Crippen LogP contribution is -2.32. The second-order valence-corrected chi connectivity index (χ2v) is 9.27. The SMILES string of the molecule is Cc1ccc(-c2cc(-c3ccccc3)nc3sc(C(=O)NC4CCCC4)c(N)c23)cc1. The summed E-state index contributed by atoms with van der Waals surface area (Å²) in [7, 11) is 0. The molecule has 2 aromatic carbocycles. The number of nitrogens with one attached hydrogen (secondary N) is 1. The summed E-state index contributed by atoms with van der Waals surface area (Å²) in [6.45, 7) is 2.08. The lowest BCUT2D eigenvalue weighted by molar-refractivity contribution is 0.0943. The third-order valence-electron chi connectivity index (χ3n) is 6.03. The lowest BCUT2D eigenvalue weighted by atomic mass is 9.98. The summed E-state index contributed by atoms with van der Waals surface area (Å²) in [6.07, 6.45) is 4.43. The van der Waals surface area contributed by atoms with Gasteiger partial charge in [-0.05, 0) is 37.0 Å². The van der Waals surface area contributed by atoms with E-state index in [9.17, 15) is 4.79 Å². The van der Waals surface area contributed by atoms with Gasteiger partial charge in [-0.1, -0.05) is 73.0 Å². The van der Waals surface area contributed by atoms with Crippen molar-refractivity contribution < 1.29 is 4.79 Å². The highest BCUT2D eigenvalue weighted by molar-refractivity contribution is 7.21. The number of pyridine rings is 1. The van der Waals surface area contributed by atoms with Crippen LogP contribution < -0.4 is 11.1 Å². The molecular formula is C26H25N3OS. The molecule has 4 nitrogen and oxygen atoms in total. The molecule has 0 aliphatic heterocycles. The van der Waals surface area contributed by atoms with Gasteiger partial charge in [-0.25, -0.2) is 4.98 Å². The van der Waals surface area contributed by atoms with E-state index in [0.29, 0.717) is 10.6 Å². The van der Waals surface area contributed by atoms with Gasteiger partial charge in [0.05, 0.1) is 11.4 Å². The molecule has 0 saturated heterocycles. The van der Waals surface area contributed by atoms with Crippen molar-refractivity contribution in [3.63, 3.8) is 0 Å². The van der Waals surface area contributed by atoms with Crippen LogP contribution in [-0.2, 0) is 0 Å². The van der Waals surface area contributed by atoms with Gasteiger partial charge >= 0.3 is 0 Å². The second kappa shape index (κ2) is 8.16. The molecule has 0 atom stereocenters. The van der Waals surface area contributed by atoms with Crippen LogP contribution in [0.15, 0.2) is 60.7 Å². The van der Waals surface area contributed by atoms with Gasteiger partial charge < -0.3 is 11.1 Å². The van der Waals surface area contributed by atoms with E-state index in [0.717, 1.165) is 45.4 Å². The number of rotatable bonds is 4. The molecule has 5 rings (SSSR count). The number of anilines is 1. The monoisotopic (exact) mass is 427 g/mol. The number of nitrogens with two attached hydrogens (primary N) is 1. The van der Waals surface area contributed by atoms with Gasteiger partial charge in [0.15, 0.2) is 0 Å². The maximum atomic E-state index is 13.0. The average Bonchev–Trinajstić information content (AvgIpc) is 3.42. The van der Waals surface area contributed by atoms with Crippen molar-refractivity contribution in [1.82, 2.24) is 10.3 Å². The lowest BCUT2D eigenvalue weighted by Gasteiger charge is -2.11. The fourth-order valence-electron chi connectivity index (χ4n) is 4.33. The van der Waals surface area contributed by atoms with Crippen LogP contribution in [0.5, 0.6) is 0 Å². The van der Waals surface area contributed by atoms with E-state index in [1.54, 1.807) is 0 Å². The number of nitrogen functional groups attached to an aromatic ring is 1. The highest BCUT2D eigenvalue weighted by atomic mass is 32.1. The highest BCUT2D eigenvalue weighted by Gasteiger charge is 2.24. The summed E-state index contributed by atoms with van der Waals surface area (Å²) in [5.41, 5.74) is 12.3. The van der Waals surface area contributed by atoms with Crippen LogP contribution in [0.4, 0.5) is 5.69 Å². The summed E-state index contributed by atoms with van der Waals surface area (Å²) >= 11 is 1.39. The molecule has 1 amide bonds. The summed E-state index contributed by atoms with van der Waals surface area (Å²) in [5.74, 6) is -0.0801. The van der Waals surface area contributed by atoms with E-state index >= 15 is 0 Å². The molecule has 5 heteroatoms. The molecule has 1 fully saturated rings. The number of fused-ring (bicyclic) bond motifs is 1. The quantitative estimate of drug-likeness (QED) is 0.408. The number of thiophene rings is 1. The number of aryl methyl sites for hydroxylation is 1. The van der Waals surface area contributed by atoms with Gasteiger partial charge in [-0.2, -0.15) is 0 Å². The zero-order valence-electron chi connectivity index (χ0n) is 17.5. The Morgan fingerprint density at radius 3 is 2.45 bits per heavy atom. The Kier molecular flexibility index (Phi) is 5.20. The zero-order valence-corrected chi connectivity index (χ0v) is 18.3.